The predicted molar refractivity (Wildman–Crippen MR) is 84.9 cm³/mol. The molecule has 5 nitrogen and oxygen atoms in total. The zero-order valence-electron chi connectivity index (χ0n) is 13.3. The molecule has 0 aliphatic carbocycles. The van der Waals surface area contributed by atoms with E-state index in [0.29, 0.717) is 22.9 Å². The van der Waals surface area contributed by atoms with E-state index in [2.05, 4.69) is 6.58 Å². The average Bonchev–Trinajstić information content (AvgIpc) is 2.79. The van der Waals surface area contributed by atoms with Gasteiger partial charge in [-0.05, 0) is 31.0 Å². The van der Waals surface area contributed by atoms with Gasteiger partial charge in [0.05, 0.1) is 12.2 Å². The number of carboxylic acids is 1. The number of aromatic nitrogens is 1. The molecule has 0 fully saturated rings. The maximum Gasteiger partial charge on any atom is 0.355 e. The second-order valence-electron chi connectivity index (χ2n) is 5.06. The van der Waals surface area contributed by atoms with Crippen LogP contribution >= 0.6 is 0 Å². The molecule has 0 saturated carbocycles. The molecular weight excluding hydrogens is 301 g/mol. The van der Waals surface area contributed by atoms with Crippen molar-refractivity contribution in [2.45, 2.75) is 20.3 Å². The first-order valence-corrected chi connectivity index (χ1v) is 7.24. The lowest BCUT2D eigenvalue weighted by molar-refractivity contribution is -0.130. The molecule has 0 atom stereocenters. The van der Waals surface area contributed by atoms with Crippen LogP contribution in [0.5, 0.6) is 0 Å². The van der Waals surface area contributed by atoms with E-state index in [-0.39, 0.29) is 23.4 Å². The molecule has 1 aromatic heterocycles. The first-order valence-electron chi connectivity index (χ1n) is 7.24. The molecule has 0 radical (unpaired) electrons. The number of carbonyl (C=O) groups excluding carboxylic acids is 1. The lowest BCUT2D eigenvalue weighted by atomic mass is 9.97. The number of aryl methyl sites for hydroxylation is 2. The van der Waals surface area contributed by atoms with Gasteiger partial charge in [0.1, 0.15) is 11.5 Å². The van der Waals surface area contributed by atoms with Crippen molar-refractivity contribution in [2.24, 2.45) is 7.05 Å². The summed E-state index contributed by atoms with van der Waals surface area (Å²) in [6, 6.07) is 2.83. The normalized spacial score (nSPS) is 10.8. The summed E-state index contributed by atoms with van der Waals surface area (Å²) in [5.74, 6) is -2.37. The summed E-state index contributed by atoms with van der Waals surface area (Å²) in [4.78, 5) is 23.7. The Balaban J connectivity index is 2.97. The second kappa shape index (κ2) is 6.24. The number of nitrogens with zero attached hydrogens (tertiary/aromatic N) is 1. The van der Waals surface area contributed by atoms with E-state index in [4.69, 9.17) is 4.74 Å². The van der Waals surface area contributed by atoms with Gasteiger partial charge >= 0.3 is 11.9 Å². The number of hydrogen-bond donors (Lipinski definition) is 1. The molecule has 2 rings (SSSR count). The molecule has 23 heavy (non-hydrogen) atoms. The van der Waals surface area contributed by atoms with Crippen molar-refractivity contribution in [3.8, 4) is 0 Å². The van der Waals surface area contributed by atoms with Gasteiger partial charge in [-0.25, -0.2) is 14.0 Å². The molecule has 1 N–H and O–H groups in total. The Bertz CT molecular complexity index is 820. The van der Waals surface area contributed by atoms with Crippen molar-refractivity contribution >= 4 is 28.4 Å². The summed E-state index contributed by atoms with van der Waals surface area (Å²) in [5, 5.41) is 9.71. The molecular formula is C17H18FNO4. The van der Waals surface area contributed by atoms with Crippen molar-refractivity contribution in [3.05, 3.63) is 41.3 Å². The SMILES string of the molecule is C=C(C(=O)O)c1c(C(=O)OCC)n(C)c2ccc(F)c(CC)c12. The first-order chi connectivity index (χ1) is 10.8. The highest BCUT2D eigenvalue weighted by Gasteiger charge is 2.28. The van der Waals surface area contributed by atoms with E-state index >= 15 is 0 Å². The summed E-state index contributed by atoms with van der Waals surface area (Å²) in [6.45, 7) is 7.12. The Hall–Kier alpha value is -2.63. The van der Waals surface area contributed by atoms with E-state index in [0.717, 1.165) is 0 Å². The number of hydrogen-bond acceptors (Lipinski definition) is 3. The Morgan fingerprint density at radius 2 is 2.00 bits per heavy atom. The molecule has 0 spiro atoms. The molecule has 0 aliphatic heterocycles. The molecule has 1 aromatic carbocycles. The number of carbonyl (C=O) groups is 2. The Morgan fingerprint density at radius 1 is 1.35 bits per heavy atom. The molecule has 0 bridgehead atoms. The number of aliphatic carboxylic acids is 1. The topological polar surface area (TPSA) is 68.5 Å². The van der Waals surface area contributed by atoms with Crippen LogP contribution in [-0.2, 0) is 23.0 Å². The highest BCUT2D eigenvalue weighted by Crippen LogP contribution is 2.35. The van der Waals surface area contributed by atoms with E-state index in [9.17, 15) is 19.1 Å². The highest BCUT2D eigenvalue weighted by atomic mass is 19.1. The summed E-state index contributed by atoms with van der Waals surface area (Å²) in [6.07, 6.45) is 0.356. The van der Waals surface area contributed by atoms with Crippen LogP contribution in [0.3, 0.4) is 0 Å². The Morgan fingerprint density at radius 3 is 2.52 bits per heavy atom. The molecule has 2 aromatic rings. The largest absolute Gasteiger partial charge is 0.478 e. The fourth-order valence-corrected chi connectivity index (χ4v) is 2.76. The third kappa shape index (κ3) is 2.60. The van der Waals surface area contributed by atoms with Gasteiger partial charge in [-0.2, -0.15) is 0 Å². The van der Waals surface area contributed by atoms with E-state index in [1.54, 1.807) is 20.9 Å². The van der Waals surface area contributed by atoms with Crippen LogP contribution in [0.1, 0.15) is 35.5 Å². The van der Waals surface area contributed by atoms with E-state index in [1.165, 1.54) is 16.7 Å². The quantitative estimate of drug-likeness (QED) is 0.679. The zero-order valence-corrected chi connectivity index (χ0v) is 13.3. The van der Waals surface area contributed by atoms with Crippen LogP contribution in [0.2, 0.25) is 0 Å². The number of fused-ring (bicyclic) bond motifs is 1. The van der Waals surface area contributed by atoms with Crippen molar-refractivity contribution in [2.75, 3.05) is 6.61 Å². The maximum atomic E-state index is 14.2. The lowest BCUT2D eigenvalue weighted by Crippen LogP contribution is -2.13. The summed E-state index contributed by atoms with van der Waals surface area (Å²) in [7, 11) is 1.62. The Kier molecular flexibility index (Phi) is 4.54. The van der Waals surface area contributed by atoms with Gasteiger partial charge in [0.15, 0.2) is 0 Å². The van der Waals surface area contributed by atoms with Crippen LogP contribution in [0.4, 0.5) is 4.39 Å². The molecule has 122 valence electrons. The van der Waals surface area contributed by atoms with Crippen molar-refractivity contribution in [1.82, 2.24) is 4.57 Å². The molecule has 0 unspecified atom stereocenters. The van der Waals surface area contributed by atoms with Crippen molar-refractivity contribution in [3.63, 3.8) is 0 Å². The van der Waals surface area contributed by atoms with Crippen LogP contribution in [0, 0.1) is 5.82 Å². The number of rotatable bonds is 5. The third-order valence-corrected chi connectivity index (χ3v) is 3.80. The lowest BCUT2D eigenvalue weighted by Gasteiger charge is -2.08. The highest BCUT2D eigenvalue weighted by molar-refractivity contribution is 6.22. The van der Waals surface area contributed by atoms with Gasteiger partial charge in [0.2, 0.25) is 0 Å². The van der Waals surface area contributed by atoms with Gasteiger partial charge in [0.25, 0.3) is 0 Å². The second-order valence-corrected chi connectivity index (χ2v) is 5.06. The molecule has 6 heteroatoms. The van der Waals surface area contributed by atoms with Crippen molar-refractivity contribution < 1.29 is 23.8 Å². The fourth-order valence-electron chi connectivity index (χ4n) is 2.76. The van der Waals surface area contributed by atoms with Gasteiger partial charge in [-0.15, -0.1) is 0 Å². The molecule has 0 amide bonds. The smallest absolute Gasteiger partial charge is 0.355 e. The van der Waals surface area contributed by atoms with Crippen LogP contribution < -0.4 is 0 Å². The number of benzene rings is 1. The summed E-state index contributed by atoms with van der Waals surface area (Å²) < 4.78 is 20.7. The van der Waals surface area contributed by atoms with E-state index in [1.807, 2.05) is 0 Å². The maximum absolute atomic E-state index is 14.2. The average molecular weight is 319 g/mol. The van der Waals surface area contributed by atoms with Crippen LogP contribution in [0.25, 0.3) is 16.5 Å². The Labute approximate surface area is 133 Å². The minimum absolute atomic E-state index is 0.0644. The van der Waals surface area contributed by atoms with E-state index < -0.39 is 17.8 Å². The number of halogens is 1. The van der Waals surface area contributed by atoms with Gasteiger partial charge in [-0.3, -0.25) is 0 Å². The van der Waals surface area contributed by atoms with Gasteiger partial charge in [0, 0.05) is 23.5 Å². The first kappa shape index (κ1) is 16.7. The predicted octanol–water partition coefficient (Wildman–Crippen LogP) is 3.15. The third-order valence-electron chi connectivity index (χ3n) is 3.80. The van der Waals surface area contributed by atoms with Crippen LogP contribution in [-0.4, -0.2) is 28.2 Å². The van der Waals surface area contributed by atoms with Crippen molar-refractivity contribution in [1.29, 1.82) is 0 Å². The monoisotopic (exact) mass is 319 g/mol. The standard InChI is InChI=1S/C17H18FNO4/c1-5-10-11(18)7-8-12-14(10)13(9(3)16(20)21)15(19(12)4)17(22)23-6-2/h7-8H,3,5-6H2,1-2,4H3,(H,20,21). The van der Waals surface area contributed by atoms with Gasteiger partial charge in [-0.1, -0.05) is 13.5 Å². The van der Waals surface area contributed by atoms with Crippen LogP contribution in [0.15, 0.2) is 18.7 Å². The fraction of sp³-hybridized carbons (Fsp3) is 0.294. The summed E-state index contributed by atoms with van der Waals surface area (Å²) in [5.41, 5.74) is 0.827. The summed E-state index contributed by atoms with van der Waals surface area (Å²) >= 11 is 0. The minimum Gasteiger partial charge on any atom is -0.478 e. The number of esters is 1. The molecule has 1 heterocycles. The van der Waals surface area contributed by atoms with Gasteiger partial charge < -0.3 is 14.4 Å². The zero-order chi connectivity index (χ0) is 17.3. The minimum atomic E-state index is -1.27. The molecule has 0 aliphatic rings. The number of carboxylic acid groups (broad SMARTS) is 1. The molecule has 0 saturated heterocycles. The number of ether oxygens (including phenoxy) is 1.